The zero-order valence-corrected chi connectivity index (χ0v) is 16.9. The molecule has 2 N–H and O–H groups in total. The summed E-state index contributed by atoms with van der Waals surface area (Å²) in [5.74, 6) is -1.89. The lowest BCUT2D eigenvalue weighted by Crippen LogP contribution is -2.18. The number of hydrogen-bond donors (Lipinski definition) is 2. The van der Waals surface area contributed by atoms with E-state index in [2.05, 4.69) is 22.8 Å². The van der Waals surface area contributed by atoms with Crippen LogP contribution < -0.4 is 10.7 Å². The number of amides is 2. The van der Waals surface area contributed by atoms with Gasteiger partial charge in [0.15, 0.2) is 0 Å². The molecule has 2 aromatic carbocycles. The molecule has 0 aliphatic carbocycles. The molecule has 0 unspecified atom stereocenters. The molecule has 0 saturated carbocycles. The Bertz CT molecular complexity index is 943. The maximum atomic E-state index is 13.8. The number of rotatable bonds is 9. The first kappa shape index (κ1) is 24.0. The van der Waals surface area contributed by atoms with E-state index < -0.39 is 23.5 Å². The second kappa shape index (κ2) is 11.2. The van der Waals surface area contributed by atoms with Crippen molar-refractivity contribution >= 4 is 23.7 Å². The summed E-state index contributed by atoms with van der Waals surface area (Å²) < 4.78 is 51.5. The third-order valence-corrected chi connectivity index (χ3v) is 4.36. The maximum absolute atomic E-state index is 13.8. The van der Waals surface area contributed by atoms with Gasteiger partial charge in [-0.1, -0.05) is 32.3 Å². The van der Waals surface area contributed by atoms with E-state index in [0.717, 1.165) is 44.0 Å². The van der Waals surface area contributed by atoms with Crippen LogP contribution >= 0.6 is 0 Å². The fraction of sp³-hybridized carbons (Fsp3) is 0.318. The van der Waals surface area contributed by atoms with Gasteiger partial charge in [-0.05, 0) is 42.8 Å². The number of carbonyl (C=O) groups excluding carboxylic acids is 2. The molecule has 9 heteroatoms. The minimum Gasteiger partial charge on any atom is -0.326 e. The first-order chi connectivity index (χ1) is 14.7. The quantitative estimate of drug-likeness (QED) is 0.235. The first-order valence-electron chi connectivity index (χ1n) is 9.80. The van der Waals surface area contributed by atoms with Crippen molar-refractivity contribution in [1.29, 1.82) is 0 Å². The predicted octanol–water partition coefficient (Wildman–Crippen LogP) is 5.52. The molecule has 0 aromatic heterocycles. The molecule has 0 aliphatic rings. The Morgan fingerprint density at radius 1 is 1.06 bits per heavy atom. The number of nitrogens with zero attached hydrogens (tertiary/aromatic N) is 1. The van der Waals surface area contributed by atoms with Crippen LogP contribution in [0.3, 0.4) is 0 Å². The first-order valence-corrected chi connectivity index (χ1v) is 9.80. The van der Waals surface area contributed by atoms with Crippen molar-refractivity contribution in [2.45, 2.75) is 45.2 Å². The third-order valence-electron chi connectivity index (χ3n) is 4.36. The van der Waals surface area contributed by atoms with Crippen molar-refractivity contribution in [3.05, 3.63) is 65.0 Å². The maximum Gasteiger partial charge on any atom is 0.416 e. The Morgan fingerprint density at radius 3 is 2.52 bits per heavy atom. The van der Waals surface area contributed by atoms with Crippen molar-refractivity contribution in [3.8, 4) is 0 Å². The molecule has 2 aromatic rings. The average molecular weight is 437 g/mol. The molecule has 2 rings (SSSR count). The number of carbonyl (C=O) groups is 2. The van der Waals surface area contributed by atoms with E-state index in [1.165, 1.54) is 12.1 Å². The van der Waals surface area contributed by atoms with Crippen LogP contribution in [0.25, 0.3) is 0 Å². The Hall–Kier alpha value is -3.23. The van der Waals surface area contributed by atoms with Gasteiger partial charge in [-0.2, -0.15) is 18.3 Å². The van der Waals surface area contributed by atoms with Gasteiger partial charge in [-0.15, -0.1) is 0 Å². The second-order valence-corrected chi connectivity index (χ2v) is 6.87. The number of alkyl halides is 3. The van der Waals surface area contributed by atoms with Crippen LogP contribution in [0.2, 0.25) is 0 Å². The van der Waals surface area contributed by atoms with Gasteiger partial charge >= 0.3 is 6.18 Å². The second-order valence-electron chi connectivity index (χ2n) is 6.87. The summed E-state index contributed by atoms with van der Waals surface area (Å²) >= 11 is 0. The lowest BCUT2D eigenvalue weighted by molar-refractivity contribution is -0.137. The molecule has 5 nitrogen and oxygen atoms in total. The molecular weight excluding hydrogens is 414 g/mol. The van der Waals surface area contributed by atoms with E-state index in [1.54, 1.807) is 12.1 Å². The zero-order valence-electron chi connectivity index (χ0n) is 16.9. The summed E-state index contributed by atoms with van der Waals surface area (Å²) in [6, 6.07) is 8.19. The molecule has 166 valence electrons. The highest BCUT2D eigenvalue weighted by atomic mass is 19.4. The van der Waals surface area contributed by atoms with E-state index >= 15 is 0 Å². The number of unbranched alkanes of at least 4 members (excludes halogenated alkanes) is 3. The van der Waals surface area contributed by atoms with Gasteiger partial charge < -0.3 is 5.32 Å². The van der Waals surface area contributed by atoms with Crippen LogP contribution in [-0.4, -0.2) is 18.0 Å². The lowest BCUT2D eigenvalue weighted by Gasteiger charge is -2.08. The Labute approximate surface area is 177 Å². The molecule has 0 aliphatic heterocycles. The number of anilines is 1. The van der Waals surface area contributed by atoms with Crippen molar-refractivity contribution < 1.29 is 27.2 Å². The van der Waals surface area contributed by atoms with Crippen LogP contribution in [0.4, 0.5) is 23.2 Å². The van der Waals surface area contributed by atoms with Crippen LogP contribution in [0.15, 0.2) is 47.6 Å². The molecule has 31 heavy (non-hydrogen) atoms. The summed E-state index contributed by atoms with van der Waals surface area (Å²) in [5, 5.41) is 6.31. The number of nitrogens with one attached hydrogen (secondary N) is 2. The van der Waals surface area contributed by atoms with Crippen LogP contribution in [0, 0.1) is 5.82 Å². The molecule has 0 radical (unpaired) electrons. The van der Waals surface area contributed by atoms with Crippen LogP contribution in [-0.2, 0) is 11.0 Å². The molecule has 0 atom stereocenters. The van der Waals surface area contributed by atoms with Crippen LogP contribution in [0.1, 0.15) is 60.5 Å². The number of hydrogen-bond acceptors (Lipinski definition) is 3. The van der Waals surface area contributed by atoms with Gasteiger partial charge in [0.25, 0.3) is 5.91 Å². The summed E-state index contributed by atoms with van der Waals surface area (Å²) in [5.41, 5.74) is 1.50. The fourth-order valence-electron chi connectivity index (χ4n) is 2.71. The minimum absolute atomic E-state index is 0.149. The molecule has 0 fully saturated rings. The monoisotopic (exact) mass is 437 g/mol. The van der Waals surface area contributed by atoms with Gasteiger partial charge in [0.1, 0.15) is 5.82 Å². The summed E-state index contributed by atoms with van der Waals surface area (Å²) in [4.78, 5) is 24.2. The Kier molecular flexibility index (Phi) is 8.72. The van der Waals surface area contributed by atoms with Gasteiger partial charge in [-0.25, -0.2) is 9.82 Å². The smallest absolute Gasteiger partial charge is 0.326 e. The molecule has 0 heterocycles. The summed E-state index contributed by atoms with van der Waals surface area (Å²) in [6.07, 6.45) is 0.557. The third kappa shape index (κ3) is 7.84. The number of hydrazone groups is 1. The highest BCUT2D eigenvalue weighted by Gasteiger charge is 2.31. The SMILES string of the molecule is CCCCCCC(=O)Nc1cccc(C(=O)N/N=C/c2ccc(C(F)(F)F)cc2F)c1. The molecule has 0 spiro atoms. The zero-order chi connectivity index (χ0) is 22.9. The van der Waals surface area contributed by atoms with E-state index in [0.29, 0.717) is 18.2 Å². The normalized spacial score (nSPS) is 11.5. The molecule has 0 saturated heterocycles. The van der Waals surface area contributed by atoms with Crippen LogP contribution in [0.5, 0.6) is 0 Å². The van der Waals surface area contributed by atoms with Gasteiger partial charge in [0.2, 0.25) is 5.91 Å². The highest BCUT2D eigenvalue weighted by Crippen LogP contribution is 2.29. The lowest BCUT2D eigenvalue weighted by atomic mass is 10.1. The average Bonchev–Trinajstić information content (AvgIpc) is 2.71. The summed E-state index contributed by atoms with van der Waals surface area (Å²) in [6.45, 7) is 2.08. The minimum atomic E-state index is -4.65. The Balaban J connectivity index is 1.94. The van der Waals surface area contributed by atoms with Crippen molar-refractivity contribution in [3.63, 3.8) is 0 Å². The van der Waals surface area contributed by atoms with E-state index in [-0.39, 0.29) is 17.0 Å². The molecule has 0 bridgehead atoms. The van der Waals surface area contributed by atoms with Crippen molar-refractivity contribution in [2.75, 3.05) is 5.32 Å². The standard InChI is InChI=1S/C22H23F4N3O2/c1-2-3-4-5-9-20(30)28-18-8-6-7-15(12-18)21(31)29-27-14-16-10-11-17(13-19(16)23)22(24,25)26/h6-8,10-14H,2-5,9H2,1H3,(H,28,30)(H,29,31)/b27-14+. The largest absolute Gasteiger partial charge is 0.416 e. The van der Waals surface area contributed by atoms with Gasteiger partial charge in [-0.3, -0.25) is 9.59 Å². The van der Waals surface area contributed by atoms with Gasteiger partial charge in [0.05, 0.1) is 11.8 Å². The molecule has 2 amide bonds. The number of benzene rings is 2. The van der Waals surface area contributed by atoms with E-state index in [4.69, 9.17) is 0 Å². The van der Waals surface area contributed by atoms with E-state index in [1.807, 2.05) is 0 Å². The topological polar surface area (TPSA) is 70.6 Å². The molecular formula is C22H23F4N3O2. The fourth-order valence-corrected chi connectivity index (χ4v) is 2.71. The van der Waals surface area contributed by atoms with Crippen molar-refractivity contribution in [1.82, 2.24) is 5.43 Å². The van der Waals surface area contributed by atoms with Gasteiger partial charge in [0, 0.05) is 23.2 Å². The predicted molar refractivity (Wildman–Crippen MR) is 110 cm³/mol. The summed E-state index contributed by atoms with van der Waals surface area (Å²) in [7, 11) is 0. The number of halogens is 4. The van der Waals surface area contributed by atoms with Crippen molar-refractivity contribution in [2.24, 2.45) is 5.10 Å². The Morgan fingerprint density at radius 2 is 1.84 bits per heavy atom. The highest BCUT2D eigenvalue weighted by molar-refractivity contribution is 5.97. The van der Waals surface area contributed by atoms with E-state index in [9.17, 15) is 27.2 Å².